The molecule has 2 heteroatoms. The van der Waals surface area contributed by atoms with E-state index in [2.05, 4.69) is 49.9 Å². The van der Waals surface area contributed by atoms with Crippen LogP contribution in [0, 0.1) is 6.92 Å². The van der Waals surface area contributed by atoms with Gasteiger partial charge < -0.3 is 5.73 Å². The predicted octanol–water partition coefficient (Wildman–Crippen LogP) is 3.65. The molecule has 1 heterocycles. The number of nitrogens with two attached hydrogens (primary N) is 1. The highest BCUT2D eigenvalue weighted by Crippen LogP contribution is 2.25. The van der Waals surface area contributed by atoms with Crippen molar-refractivity contribution in [3.05, 3.63) is 35.4 Å². The van der Waals surface area contributed by atoms with Crippen molar-refractivity contribution in [3.63, 3.8) is 0 Å². The maximum absolute atomic E-state index is 6.49. The molecule has 1 fully saturated rings. The van der Waals surface area contributed by atoms with E-state index in [1.54, 1.807) is 0 Å². The van der Waals surface area contributed by atoms with Crippen LogP contribution in [0.3, 0.4) is 0 Å². The van der Waals surface area contributed by atoms with E-state index in [4.69, 9.17) is 5.73 Å². The Labute approximate surface area is 118 Å². The summed E-state index contributed by atoms with van der Waals surface area (Å²) in [5.41, 5.74) is 9.05. The van der Waals surface area contributed by atoms with E-state index in [-0.39, 0.29) is 6.04 Å². The van der Waals surface area contributed by atoms with Gasteiger partial charge in [-0.15, -0.1) is 0 Å². The first kappa shape index (κ1) is 14.5. The van der Waals surface area contributed by atoms with Gasteiger partial charge in [-0.1, -0.05) is 42.7 Å². The minimum atomic E-state index is 0.112. The fourth-order valence-corrected chi connectivity index (χ4v) is 3.18. The molecule has 1 aliphatic heterocycles. The molecule has 2 N–H and O–H groups in total. The zero-order valence-corrected chi connectivity index (χ0v) is 12.6. The quantitative estimate of drug-likeness (QED) is 0.899. The van der Waals surface area contributed by atoms with Crippen molar-refractivity contribution < 1.29 is 0 Å². The number of aryl methyl sites for hydroxylation is 1. The zero-order valence-electron chi connectivity index (χ0n) is 12.6. The molecule has 0 amide bonds. The lowest BCUT2D eigenvalue weighted by Gasteiger charge is -2.36. The lowest BCUT2D eigenvalue weighted by Crippen LogP contribution is -2.45. The summed E-state index contributed by atoms with van der Waals surface area (Å²) in [4.78, 5) is 2.61. The monoisotopic (exact) mass is 260 g/mol. The molecule has 1 aliphatic rings. The van der Waals surface area contributed by atoms with Crippen LogP contribution in [0.4, 0.5) is 0 Å². The van der Waals surface area contributed by atoms with Crippen LogP contribution in [-0.2, 0) is 0 Å². The standard InChI is InChI=1S/C17H28N2/c1-13-8-10-16(11-9-13)17(18)15(3)19-12-6-4-5-7-14(19)2/h8-11,14-15,17H,4-7,12,18H2,1-3H3. The Balaban J connectivity index is 2.08. The van der Waals surface area contributed by atoms with Crippen LogP contribution in [0.1, 0.15) is 56.7 Å². The van der Waals surface area contributed by atoms with Gasteiger partial charge in [0.25, 0.3) is 0 Å². The van der Waals surface area contributed by atoms with Crippen LogP contribution in [-0.4, -0.2) is 23.5 Å². The molecule has 0 aliphatic carbocycles. The minimum absolute atomic E-state index is 0.112. The van der Waals surface area contributed by atoms with Crippen molar-refractivity contribution in [3.8, 4) is 0 Å². The summed E-state index contributed by atoms with van der Waals surface area (Å²) in [6.45, 7) is 7.95. The van der Waals surface area contributed by atoms with Crippen molar-refractivity contribution >= 4 is 0 Å². The fourth-order valence-electron chi connectivity index (χ4n) is 3.18. The van der Waals surface area contributed by atoms with Crippen molar-refractivity contribution in [2.75, 3.05) is 6.54 Å². The third-order valence-electron chi connectivity index (χ3n) is 4.61. The molecule has 3 atom stereocenters. The van der Waals surface area contributed by atoms with Crippen LogP contribution in [0.5, 0.6) is 0 Å². The third kappa shape index (κ3) is 3.58. The SMILES string of the molecule is Cc1ccc(C(N)C(C)N2CCCCCC2C)cc1. The summed E-state index contributed by atoms with van der Waals surface area (Å²) in [6.07, 6.45) is 5.36. The van der Waals surface area contributed by atoms with E-state index in [0.717, 1.165) is 0 Å². The molecule has 1 saturated heterocycles. The van der Waals surface area contributed by atoms with E-state index in [1.165, 1.54) is 43.4 Å². The lowest BCUT2D eigenvalue weighted by atomic mass is 9.98. The summed E-state index contributed by atoms with van der Waals surface area (Å²) in [7, 11) is 0. The predicted molar refractivity (Wildman–Crippen MR) is 82.2 cm³/mol. The normalized spacial score (nSPS) is 24.7. The Kier molecular flexibility index (Phi) is 5.00. The molecular formula is C17H28N2. The third-order valence-corrected chi connectivity index (χ3v) is 4.61. The number of hydrogen-bond acceptors (Lipinski definition) is 2. The summed E-state index contributed by atoms with van der Waals surface area (Å²) in [6, 6.07) is 9.87. The van der Waals surface area contributed by atoms with Gasteiger partial charge in [0.2, 0.25) is 0 Å². The molecule has 106 valence electrons. The first-order valence-corrected chi connectivity index (χ1v) is 7.67. The molecular weight excluding hydrogens is 232 g/mol. The average Bonchev–Trinajstić information content (AvgIpc) is 2.63. The summed E-state index contributed by atoms with van der Waals surface area (Å²) in [5.74, 6) is 0. The van der Waals surface area contributed by atoms with E-state index >= 15 is 0 Å². The fraction of sp³-hybridized carbons (Fsp3) is 0.647. The second-order valence-corrected chi connectivity index (χ2v) is 6.11. The molecule has 2 rings (SSSR count). The zero-order chi connectivity index (χ0) is 13.8. The summed E-state index contributed by atoms with van der Waals surface area (Å²) >= 11 is 0. The second kappa shape index (κ2) is 6.53. The number of rotatable bonds is 3. The smallest absolute Gasteiger partial charge is 0.0450 e. The Morgan fingerprint density at radius 3 is 2.53 bits per heavy atom. The molecule has 1 aromatic rings. The van der Waals surface area contributed by atoms with Crippen LogP contribution in [0.25, 0.3) is 0 Å². The maximum Gasteiger partial charge on any atom is 0.0450 e. The van der Waals surface area contributed by atoms with Gasteiger partial charge in [-0.05, 0) is 45.7 Å². The maximum atomic E-state index is 6.49. The summed E-state index contributed by atoms with van der Waals surface area (Å²) < 4.78 is 0. The van der Waals surface area contributed by atoms with Gasteiger partial charge in [0, 0.05) is 18.1 Å². The van der Waals surface area contributed by atoms with Gasteiger partial charge in [-0.25, -0.2) is 0 Å². The van der Waals surface area contributed by atoms with Crippen molar-refractivity contribution in [2.45, 2.75) is 64.6 Å². The first-order valence-electron chi connectivity index (χ1n) is 7.67. The Hall–Kier alpha value is -0.860. The number of nitrogens with zero attached hydrogens (tertiary/aromatic N) is 1. The van der Waals surface area contributed by atoms with Crippen LogP contribution in [0.15, 0.2) is 24.3 Å². The van der Waals surface area contributed by atoms with E-state index in [1.807, 2.05) is 0 Å². The Morgan fingerprint density at radius 2 is 1.84 bits per heavy atom. The lowest BCUT2D eigenvalue weighted by molar-refractivity contribution is 0.137. The highest BCUT2D eigenvalue weighted by Gasteiger charge is 2.26. The second-order valence-electron chi connectivity index (χ2n) is 6.11. The van der Waals surface area contributed by atoms with Crippen LogP contribution < -0.4 is 5.73 Å². The molecule has 0 radical (unpaired) electrons. The van der Waals surface area contributed by atoms with Gasteiger partial charge >= 0.3 is 0 Å². The highest BCUT2D eigenvalue weighted by molar-refractivity contribution is 5.24. The van der Waals surface area contributed by atoms with Crippen molar-refractivity contribution in [2.24, 2.45) is 5.73 Å². The largest absolute Gasteiger partial charge is 0.323 e. The molecule has 0 saturated carbocycles. The van der Waals surface area contributed by atoms with Crippen molar-refractivity contribution in [1.82, 2.24) is 4.90 Å². The molecule has 0 spiro atoms. The Morgan fingerprint density at radius 1 is 1.16 bits per heavy atom. The van der Waals surface area contributed by atoms with E-state index in [9.17, 15) is 0 Å². The number of benzene rings is 1. The van der Waals surface area contributed by atoms with Gasteiger partial charge in [-0.3, -0.25) is 4.90 Å². The summed E-state index contributed by atoms with van der Waals surface area (Å²) in [5, 5.41) is 0. The van der Waals surface area contributed by atoms with Gasteiger partial charge in [-0.2, -0.15) is 0 Å². The highest BCUT2D eigenvalue weighted by atomic mass is 15.2. The molecule has 2 nitrogen and oxygen atoms in total. The van der Waals surface area contributed by atoms with E-state index < -0.39 is 0 Å². The topological polar surface area (TPSA) is 29.3 Å². The van der Waals surface area contributed by atoms with Gasteiger partial charge in [0.15, 0.2) is 0 Å². The molecule has 3 unspecified atom stereocenters. The minimum Gasteiger partial charge on any atom is -0.323 e. The molecule has 1 aromatic carbocycles. The first-order chi connectivity index (χ1) is 9.09. The molecule has 0 aromatic heterocycles. The van der Waals surface area contributed by atoms with Crippen molar-refractivity contribution in [1.29, 1.82) is 0 Å². The van der Waals surface area contributed by atoms with Gasteiger partial charge in [0.1, 0.15) is 0 Å². The van der Waals surface area contributed by atoms with Gasteiger partial charge in [0.05, 0.1) is 0 Å². The average molecular weight is 260 g/mol. The van der Waals surface area contributed by atoms with Crippen LogP contribution in [0.2, 0.25) is 0 Å². The molecule has 0 bridgehead atoms. The molecule has 19 heavy (non-hydrogen) atoms. The van der Waals surface area contributed by atoms with E-state index in [0.29, 0.717) is 12.1 Å². The van der Waals surface area contributed by atoms with Crippen LogP contribution >= 0.6 is 0 Å². The number of hydrogen-bond donors (Lipinski definition) is 1. The Bertz CT molecular complexity index is 385. The number of likely N-dealkylation sites (tertiary alicyclic amines) is 1.